The van der Waals surface area contributed by atoms with Crippen LogP contribution in [0.25, 0.3) is 77.2 Å². The maximum atomic E-state index is 7.18. The molecular formula is C55H39NO. The second-order valence-corrected chi connectivity index (χ2v) is 15.7. The quantitative estimate of drug-likeness (QED) is 0.169. The lowest BCUT2D eigenvalue weighted by atomic mass is 9.82. The zero-order chi connectivity index (χ0) is 38.1. The van der Waals surface area contributed by atoms with Crippen LogP contribution in [0.5, 0.6) is 0 Å². The molecule has 0 atom stereocenters. The Morgan fingerprint density at radius 3 is 1.68 bits per heavy atom. The number of furan rings is 1. The zero-order valence-corrected chi connectivity index (χ0v) is 31.9. The highest BCUT2D eigenvalue weighted by Crippen LogP contribution is 2.52. The lowest BCUT2D eigenvalue weighted by Crippen LogP contribution is -2.16. The third kappa shape index (κ3) is 5.33. The summed E-state index contributed by atoms with van der Waals surface area (Å²) in [5, 5.41) is 4.63. The van der Waals surface area contributed by atoms with Crippen LogP contribution in [0.2, 0.25) is 0 Å². The molecule has 0 bridgehead atoms. The Morgan fingerprint density at radius 2 is 0.947 bits per heavy atom. The molecule has 10 aromatic rings. The first-order valence-electron chi connectivity index (χ1n) is 19.8. The number of hydrogen-bond donors (Lipinski definition) is 0. The molecule has 0 radical (unpaired) electrons. The minimum Gasteiger partial charge on any atom is -0.453 e. The second-order valence-electron chi connectivity index (χ2n) is 15.7. The van der Waals surface area contributed by atoms with Crippen LogP contribution in [-0.2, 0) is 5.41 Å². The fourth-order valence-corrected chi connectivity index (χ4v) is 9.19. The number of hydrogen-bond acceptors (Lipinski definition) is 2. The number of rotatable bonds is 6. The number of para-hydroxylation sites is 1. The molecule has 0 amide bonds. The van der Waals surface area contributed by atoms with Crippen molar-refractivity contribution >= 4 is 49.8 Å². The van der Waals surface area contributed by atoms with Gasteiger partial charge in [0.1, 0.15) is 5.58 Å². The Balaban J connectivity index is 1.11. The molecule has 0 saturated heterocycles. The second kappa shape index (κ2) is 13.0. The number of fused-ring (bicyclic) bond motifs is 8. The van der Waals surface area contributed by atoms with E-state index in [0.717, 1.165) is 50.1 Å². The molecule has 57 heavy (non-hydrogen) atoms. The maximum Gasteiger partial charge on any atom is 0.159 e. The van der Waals surface area contributed by atoms with E-state index < -0.39 is 0 Å². The smallest absolute Gasteiger partial charge is 0.159 e. The third-order valence-electron chi connectivity index (χ3n) is 12.1. The van der Waals surface area contributed by atoms with Crippen LogP contribution in [0.1, 0.15) is 25.0 Å². The molecule has 0 fully saturated rings. The molecule has 1 aromatic heterocycles. The fourth-order valence-electron chi connectivity index (χ4n) is 9.19. The van der Waals surface area contributed by atoms with Crippen molar-refractivity contribution in [3.05, 3.63) is 211 Å². The SMILES string of the molecule is CC1(C)c2ccccc2-c2ccc(N(c3ccc(-c4ccc(-c5ccccc5)cc4)cc3)c3cccc4c3oc3c(-c5ccccc5)cc5ccccc5c34)cc21. The lowest BCUT2D eigenvalue weighted by Gasteiger charge is -2.28. The normalized spacial score (nSPS) is 12.9. The van der Waals surface area contributed by atoms with Crippen molar-refractivity contribution in [2.24, 2.45) is 0 Å². The summed E-state index contributed by atoms with van der Waals surface area (Å²) in [6.07, 6.45) is 0. The molecule has 2 heteroatoms. The monoisotopic (exact) mass is 729 g/mol. The van der Waals surface area contributed by atoms with Crippen molar-refractivity contribution in [1.29, 1.82) is 0 Å². The van der Waals surface area contributed by atoms with Crippen molar-refractivity contribution in [1.82, 2.24) is 0 Å². The van der Waals surface area contributed by atoms with Crippen molar-refractivity contribution in [2.45, 2.75) is 19.3 Å². The molecular weight excluding hydrogens is 691 g/mol. The Bertz CT molecular complexity index is 3120. The molecule has 9 aromatic carbocycles. The molecule has 270 valence electrons. The van der Waals surface area contributed by atoms with Gasteiger partial charge in [0.05, 0.1) is 5.69 Å². The number of anilines is 3. The molecule has 0 spiro atoms. The topological polar surface area (TPSA) is 16.4 Å². The third-order valence-corrected chi connectivity index (χ3v) is 12.1. The highest BCUT2D eigenvalue weighted by atomic mass is 16.3. The van der Waals surface area contributed by atoms with Crippen molar-refractivity contribution < 1.29 is 4.42 Å². The highest BCUT2D eigenvalue weighted by molar-refractivity contribution is 6.24. The van der Waals surface area contributed by atoms with Crippen LogP contribution in [0.3, 0.4) is 0 Å². The lowest BCUT2D eigenvalue weighted by molar-refractivity contribution is 0.660. The number of benzene rings is 9. The standard InChI is InChI=1S/C55H39NO/c1-55(2)49-22-12-11-20-45(49)46-33-32-43(35-50(46)55)56(42-30-28-39(29-31-42)38-26-24-37(25-27-38)36-14-5-3-6-15-36)51-23-13-21-47-52-44-19-10-9-18-41(44)34-48(54(52)57-53(47)51)40-16-7-4-8-17-40/h3-35H,1-2H3. The van der Waals surface area contributed by atoms with Crippen LogP contribution >= 0.6 is 0 Å². The van der Waals surface area contributed by atoms with Gasteiger partial charge in [-0.2, -0.15) is 0 Å². The van der Waals surface area contributed by atoms with Crippen LogP contribution in [0.4, 0.5) is 17.1 Å². The van der Waals surface area contributed by atoms with E-state index in [0.29, 0.717) is 0 Å². The van der Waals surface area contributed by atoms with Crippen LogP contribution < -0.4 is 4.90 Å². The molecule has 0 N–H and O–H groups in total. The summed E-state index contributed by atoms with van der Waals surface area (Å²) in [5.74, 6) is 0. The van der Waals surface area contributed by atoms with E-state index in [1.807, 2.05) is 0 Å². The summed E-state index contributed by atoms with van der Waals surface area (Å²) in [6, 6.07) is 72.4. The van der Waals surface area contributed by atoms with E-state index in [4.69, 9.17) is 4.42 Å². The minimum absolute atomic E-state index is 0.141. The molecule has 0 aliphatic heterocycles. The molecule has 0 unspecified atom stereocenters. The van der Waals surface area contributed by atoms with Gasteiger partial charge >= 0.3 is 0 Å². The number of nitrogens with zero attached hydrogens (tertiary/aromatic N) is 1. The molecule has 1 aliphatic rings. The molecule has 11 rings (SSSR count). The van der Waals surface area contributed by atoms with Crippen LogP contribution in [0.15, 0.2) is 205 Å². The van der Waals surface area contributed by atoms with E-state index >= 15 is 0 Å². The molecule has 1 heterocycles. The summed E-state index contributed by atoms with van der Waals surface area (Å²) in [7, 11) is 0. The first-order chi connectivity index (χ1) is 28.0. The Labute approximate surface area is 332 Å². The van der Waals surface area contributed by atoms with Gasteiger partial charge in [-0.1, -0.05) is 178 Å². The summed E-state index contributed by atoms with van der Waals surface area (Å²) in [4.78, 5) is 2.39. The van der Waals surface area contributed by atoms with Crippen molar-refractivity contribution in [3.8, 4) is 44.5 Å². The first kappa shape index (κ1) is 33.2. The van der Waals surface area contributed by atoms with Gasteiger partial charge in [0, 0.05) is 33.1 Å². The van der Waals surface area contributed by atoms with E-state index in [2.05, 4.69) is 219 Å². The van der Waals surface area contributed by atoms with Gasteiger partial charge in [-0.05, 0) is 97.2 Å². The highest BCUT2D eigenvalue weighted by Gasteiger charge is 2.36. The van der Waals surface area contributed by atoms with Gasteiger partial charge in [0.2, 0.25) is 0 Å². The average Bonchev–Trinajstić information content (AvgIpc) is 3.78. The minimum atomic E-state index is -0.141. The predicted molar refractivity (Wildman–Crippen MR) is 240 cm³/mol. The van der Waals surface area contributed by atoms with Crippen LogP contribution in [0, 0.1) is 0 Å². The van der Waals surface area contributed by atoms with Gasteiger partial charge in [0.25, 0.3) is 0 Å². The summed E-state index contributed by atoms with van der Waals surface area (Å²) >= 11 is 0. The van der Waals surface area contributed by atoms with E-state index in [9.17, 15) is 0 Å². The van der Waals surface area contributed by atoms with Crippen molar-refractivity contribution in [3.63, 3.8) is 0 Å². The average molecular weight is 730 g/mol. The molecule has 1 aliphatic carbocycles. The van der Waals surface area contributed by atoms with Gasteiger partial charge in [-0.15, -0.1) is 0 Å². The Kier molecular flexibility index (Phi) is 7.55. The van der Waals surface area contributed by atoms with Gasteiger partial charge in [-0.25, -0.2) is 0 Å². The first-order valence-corrected chi connectivity index (χ1v) is 19.8. The van der Waals surface area contributed by atoms with Crippen LogP contribution in [-0.4, -0.2) is 0 Å². The molecule has 0 saturated carbocycles. The zero-order valence-electron chi connectivity index (χ0n) is 31.9. The van der Waals surface area contributed by atoms with Crippen molar-refractivity contribution in [2.75, 3.05) is 4.90 Å². The predicted octanol–water partition coefficient (Wildman–Crippen LogP) is 15.5. The van der Waals surface area contributed by atoms with Gasteiger partial charge in [0.15, 0.2) is 5.58 Å². The maximum absolute atomic E-state index is 7.18. The molecule has 2 nitrogen and oxygen atoms in total. The Hall–Kier alpha value is -7.16. The summed E-state index contributed by atoms with van der Waals surface area (Å²) in [5.41, 5.74) is 17.1. The summed E-state index contributed by atoms with van der Waals surface area (Å²) in [6.45, 7) is 4.69. The fraction of sp³-hybridized carbons (Fsp3) is 0.0545. The van der Waals surface area contributed by atoms with E-state index in [-0.39, 0.29) is 5.41 Å². The largest absolute Gasteiger partial charge is 0.453 e. The van der Waals surface area contributed by atoms with E-state index in [1.54, 1.807) is 0 Å². The summed E-state index contributed by atoms with van der Waals surface area (Å²) < 4.78 is 7.18. The van der Waals surface area contributed by atoms with E-state index in [1.165, 1.54) is 55.3 Å². The van der Waals surface area contributed by atoms with Gasteiger partial charge in [-0.3, -0.25) is 0 Å². The van der Waals surface area contributed by atoms with Gasteiger partial charge < -0.3 is 9.32 Å². The Morgan fingerprint density at radius 1 is 0.386 bits per heavy atom.